The molecular formula is C14H23N3. The van der Waals surface area contributed by atoms with Gasteiger partial charge in [0, 0.05) is 12.1 Å². The number of nitrogens with two attached hydrogens (primary N) is 1. The van der Waals surface area contributed by atoms with E-state index in [9.17, 15) is 0 Å². The highest BCUT2D eigenvalue weighted by atomic mass is 15.1. The summed E-state index contributed by atoms with van der Waals surface area (Å²) in [5.41, 5.74) is 7.10. The predicted octanol–water partition coefficient (Wildman–Crippen LogP) is 2.32. The monoisotopic (exact) mass is 233 g/mol. The molecule has 0 spiro atoms. The number of rotatable bonds is 5. The Labute approximate surface area is 104 Å². The quantitative estimate of drug-likeness (QED) is 0.606. The van der Waals surface area contributed by atoms with E-state index in [0.717, 1.165) is 12.8 Å². The fraction of sp³-hybridized carbons (Fsp3) is 0.500. The van der Waals surface area contributed by atoms with Gasteiger partial charge in [-0.15, -0.1) is 0 Å². The van der Waals surface area contributed by atoms with Gasteiger partial charge in [-0.1, -0.05) is 30.3 Å². The standard InChI is InChI=1S/C14H23N3/c1-4-16-13(15)17-14(2,3)11-10-12-8-6-5-7-9-12/h5-9H,4,10-11H2,1-3H3,(H3,15,16,17). The lowest BCUT2D eigenvalue weighted by atomic mass is 9.95. The Kier molecular flexibility index (Phi) is 5.01. The molecule has 0 saturated heterocycles. The van der Waals surface area contributed by atoms with Crippen molar-refractivity contribution in [1.82, 2.24) is 5.32 Å². The van der Waals surface area contributed by atoms with E-state index in [1.165, 1.54) is 5.56 Å². The van der Waals surface area contributed by atoms with Crippen LogP contribution in [0.1, 0.15) is 32.8 Å². The summed E-state index contributed by atoms with van der Waals surface area (Å²) in [6.07, 6.45) is 2.07. The van der Waals surface area contributed by atoms with Gasteiger partial charge in [0.15, 0.2) is 5.96 Å². The fourth-order valence-electron chi connectivity index (χ4n) is 1.72. The molecule has 1 aromatic rings. The first-order chi connectivity index (χ1) is 8.03. The fourth-order valence-corrected chi connectivity index (χ4v) is 1.72. The smallest absolute Gasteiger partial charge is 0.188 e. The van der Waals surface area contributed by atoms with Crippen LogP contribution in [-0.2, 0) is 6.42 Å². The SMILES string of the molecule is CCN=C(N)NC(C)(C)CCc1ccccc1. The average Bonchev–Trinajstić information content (AvgIpc) is 2.27. The van der Waals surface area contributed by atoms with E-state index in [1.807, 2.05) is 13.0 Å². The van der Waals surface area contributed by atoms with Gasteiger partial charge in [-0.05, 0) is 39.2 Å². The van der Waals surface area contributed by atoms with Crippen LogP contribution in [0.25, 0.3) is 0 Å². The van der Waals surface area contributed by atoms with Crippen LogP contribution in [0.2, 0.25) is 0 Å². The molecule has 0 atom stereocenters. The van der Waals surface area contributed by atoms with E-state index in [-0.39, 0.29) is 5.54 Å². The van der Waals surface area contributed by atoms with Crippen molar-refractivity contribution in [2.45, 2.75) is 39.2 Å². The van der Waals surface area contributed by atoms with Crippen LogP contribution in [0.4, 0.5) is 0 Å². The second kappa shape index (κ2) is 6.28. The summed E-state index contributed by atoms with van der Waals surface area (Å²) in [5, 5.41) is 3.26. The summed E-state index contributed by atoms with van der Waals surface area (Å²) in [6.45, 7) is 6.99. The molecule has 1 rings (SSSR count). The van der Waals surface area contributed by atoms with E-state index in [0.29, 0.717) is 12.5 Å². The molecule has 0 fully saturated rings. The molecule has 17 heavy (non-hydrogen) atoms. The lowest BCUT2D eigenvalue weighted by Gasteiger charge is -2.27. The normalized spacial score (nSPS) is 12.5. The zero-order valence-electron chi connectivity index (χ0n) is 11.0. The Balaban J connectivity index is 2.47. The zero-order chi connectivity index (χ0) is 12.7. The molecule has 3 nitrogen and oxygen atoms in total. The molecule has 0 aliphatic rings. The molecule has 3 heteroatoms. The van der Waals surface area contributed by atoms with Gasteiger partial charge in [-0.25, -0.2) is 0 Å². The second-order valence-corrected chi connectivity index (χ2v) is 4.85. The van der Waals surface area contributed by atoms with E-state index < -0.39 is 0 Å². The van der Waals surface area contributed by atoms with Crippen LogP contribution in [0, 0.1) is 0 Å². The van der Waals surface area contributed by atoms with Gasteiger partial charge in [-0.2, -0.15) is 0 Å². The highest BCUT2D eigenvalue weighted by molar-refractivity contribution is 5.78. The second-order valence-electron chi connectivity index (χ2n) is 4.85. The minimum absolute atomic E-state index is 0.0292. The minimum Gasteiger partial charge on any atom is -0.370 e. The molecular weight excluding hydrogens is 210 g/mol. The number of guanidine groups is 1. The van der Waals surface area contributed by atoms with E-state index >= 15 is 0 Å². The third-order valence-electron chi connectivity index (χ3n) is 2.68. The molecule has 0 aliphatic carbocycles. The summed E-state index contributed by atoms with van der Waals surface area (Å²) in [5.74, 6) is 0.533. The molecule has 0 bridgehead atoms. The predicted molar refractivity (Wildman–Crippen MR) is 74.1 cm³/mol. The molecule has 0 aliphatic heterocycles. The van der Waals surface area contributed by atoms with Gasteiger partial charge >= 0.3 is 0 Å². The minimum atomic E-state index is -0.0292. The van der Waals surface area contributed by atoms with Crippen molar-refractivity contribution < 1.29 is 0 Å². The van der Waals surface area contributed by atoms with Gasteiger partial charge in [-0.3, -0.25) is 4.99 Å². The highest BCUT2D eigenvalue weighted by Gasteiger charge is 2.17. The van der Waals surface area contributed by atoms with Crippen LogP contribution in [0.15, 0.2) is 35.3 Å². The Morgan fingerprint density at radius 3 is 2.53 bits per heavy atom. The van der Waals surface area contributed by atoms with Crippen molar-refractivity contribution in [2.75, 3.05) is 6.54 Å². The maximum absolute atomic E-state index is 5.78. The average molecular weight is 233 g/mol. The topological polar surface area (TPSA) is 50.4 Å². The van der Waals surface area contributed by atoms with Crippen LogP contribution in [-0.4, -0.2) is 18.0 Å². The van der Waals surface area contributed by atoms with Gasteiger partial charge in [0.1, 0.15) is 0 Å². The molecule has 0 saturated carbocycles. The molecule has 0 radical (unpaired) electrons. The zero-order valence-corrected chi connectivity index (χ0v) is 11.0. The largest absolute Gasteiger partial charge is 0.370 e. The summed E-state index contributed by atoms with van der Waals surface area (Å²) >= 11 is 0. The van der Waals surface area contributed by atoms with Crippen LogP contribution in [0.3, 0.4) is 0 Å². The highest BCUT2D eigenvalue weighted by Crippen LogP contribution is 2.13. The molecule has 0 aromatic heterocycles. The van der Waals surface area contributed by atoms with Crippen molar-refractivity contribution in [3.63, 3.8) is 0 Å². The lowest BCUT2D eigenvalue weighted by Crippen LogP contribution is -2.47. The van der Waals surface area contributed by atoms with Crippen LogP contribution >= 0.6 is 0 Å². The molecule has 0 unspecified atom stereocenters. The first-order valence-corrected chi connectivity index (χ1v) is 6.15. The third-order valence-corrected chi connectivity index (χ3v) is 2.68. The molecule has 94 valence electrons. The van der Waals surface area contributed by atoms with Crippen LogP contribution in [0.5, 0.6) is 0 Å². The Morgan fingerprint density at radius 2 is 1.94 bits per heavy atom. The summed E-state index contributed by atoms with van der Waals surface area (Å²) in [7, 11) is 0. The van der Waals surface area contributed by atoms with Crippen molar-refractivity contribution in [3.8, 4) is 0 Å². The number of aryl methyl sites for hydroxylation is 1. The number of hydrogen-bond donors (Lipinski definition) is 2. The van der Waals surface area contributed by atoms with Crippen LogP contribution < -0.4 is 11.1 Å². The molecule has 3 N–H and O–H groups in total. The number of nitrogens with one attached hydrogen (secondary N) is 1. The van der Waals surface area contributed by atoms with Crippen molar-refractivity contribution in [2.24, 2.45) is 10.7 Å². The Morgan fingerprint density at radius 1 is 1.29 bits per heavy atom. The number of nitrogens with zero attached hydrogens (tertiary/aromatic N) is 1. The molecule has 0 heterocycles. The maximum Gasteiger partial charge on any atom is 0.188 e. The van der Waals surface area contributed by atoms with Crippen molar-refractivity contribution >= 4 is 5.96 Å². The van der Waals surface area contributed by atoms with Gasteiger partial charge < -0.3 is 11.1 Å². The molecule has 1 aromatic carbocycles. The lowest BCUT2D eigenvalue weighted by molar-refractivity contribution is 0.423. The third kappa shape index (κ3) is 5.38. The van der Waals surface area contributed by atoms with Crippen molar-refractivity contribution in [1.29, 1.82) is 0 Å². The Bertz CT molecular complexity index is 355. The summed E-state index contributed by atoms with van der Waals surface area (Å²) in [4.78, 5) is 4.15. The van der Waals surface area contributed by atoms with Gasteiger partial charge in [0.25, 0.3) is 0 Å². The number of benzene rings is 1. The van der Waals surface area contributed by atoms with E-state index in [2.05, 4.69) is 48.4 Å². The van der Waals surface area contributed by atoms with Gasteiger partial charge in [0.2, 0.25) is 0 Å². The molecule has 0 amide bonds. The van der Waals surface area contributed by atoms with E-state index in [1.54, 1.807) is 0 Å². The number of aliphatic imine (C=N–C) groups is 1. The number of hydrogen-bond acceptors (Lipinski definition) is 1. The first kappa shape index (κ1) is 13.6. The summed E-state index contributed by atoms with van der Waals surface area (Å²) < 4.78 is 0. The Hall–Kier alpha value is -1.51. The first-order valence-electron chi connectivity index (χ1n) is 6.15. The maximum atomic E-state index is 5.78. The van der Waals surface area contributed by atoms with Crippen molar-refractivity contribution in [3.05, 3.63) is 35.9 Å². The van der Waals surface area contributed by atoms with E-state index in [4.69, 9.17) is 5.73 Å². The summed E-state index contributed by atoms with van der Waals surface area (Å²) in [6, 6.07) is 10.5. The van der Waals surface area contributed by atoms with Gasteiger partial charge in [0.05, 0.1) is 0 Å².